The van der Waals surface area contributed by atoms with Gasteiger partial charge >= 0.3 is 0 Å². The topological polar surface area (TPSA) is 48.1 Å². The fourth-order valence-corrected chi connectivity index (χ4v) is 2.68. The van der Waals surface area contributed by atoms with Crippen LogP contribution in [0.4, 0.5) is 0 Å². The minimum Gasteiger partial charge on any atom is -0.493 e. The normalized spacial score (nSPS) is 10.6. The Hall–Kier alpha value is -1.39. The highest BCUT2D eigenvalue weighted by Gasteiger charge is 2.06. The van der Waals surface area contributed by atoms with Gasteiger partial charge in [0.05, 0.1) is 17.3 Å². The molecule has 96 valence electrons. The molecule has 0 bridgehead atoms. The predicted molar refractivity (Wildman–Crippen MR) is 75.1 cm³/mol. The second kappa shape index (κ2) is 5.98. The van der Waals surface area contributed by atoms with Crippen LogP contribution in [0.2, 0.25) is 0 Å². The summed E-state index contributed by atoms with van der Waals surface area (Å²) in [5, 5.41) is 1.10. The van der Waals surface area contributed by atoms with Crippen LogP contribution in [0.5, 0.6) is 5.75 Å². The van der Waals surface area contributed by atoms with Crippen LogP contribution in [0.25, 0.3) is 0 Å². The summed E-state index contributed by atoms with van der Waals surface area (Å²) >= 11 is 1.68. The summed E-state index contributed by atoms with van der Waals surface area (Å²) in [6, 6.07) is 8.05. The molecule has 3 nitrogen and oxygen atoms in total. The molecular weight excluding hydrogens is 244 g/mol. The Bertz CT molecular complexity index is 522. The van der Waals surface area contributed by atoms with Crippen molar-refractivity contribution in [3.63, 3.8) is 0 Å². The van der Waals surface area contributed by atoms with Crippen LogP contribution in [-0.2, 0) is 13.0 Å². The SMILES string of the molecule is Cc1ccccc1OCCc1nc(C)c(CN)s1. The van der Waals surface area contributed by atoms with E-state index in [1.807, 2.05) is 25.1 Å². The fourth-order valence-electron chi connectivity index (χ4n) is 1.75. The summed E-state index contributed by atoms with van der Waals surface area (Å²) in [5.41, 5.74) is 7.85. The zero-order chi connectivity index (χ0) is 13.0. The van der Waals surface area contributed by atoms with Gasteiger partial charge in [0.25, 0.3) is 0 Å². The number of hydrogen-bond acceptors (Lipinski definition) is 4. The largest absolute Gasteiger partial charge is 0.493 e. The van der Waals surface area contributed by atoms with Crippen molar-refractivity contribution in [1.82, 2.24) is 4.98 Å². The van der Waals surface area contributed by atoms with E-state index < -0.39 is 0 Å². The van der Waals surface area contributed by atoms with Crippen LogP contribution < -0.4 is 10.5 Å². The zero-order valence-electron chi connectivity index (χ0n) is 10.8. The number of para-hydroxylation sites is 1. The van der Waals surface area contributed by atoms with Crippen molar-refractivity contribution >= 4 is 11.3 Å². The lowest BCUT2D eigenvalue weighted by atomic mass is 10.2. The van der Waals surface area contributed by atoms with Crippen molar-refractivity contribution in [2.24, 2.45) is 5.73 Å². The van der Waals surface area contributed by atoms with Gasteiger partial charge in [0.2, 0.25) is 0 Å². The zero-order valence-corrected chi connectivity index (χ0v) is 11.6. The molecule has 0 radical (unpaired) electrons. The predicted octanol–water partition coefficient (Wildman–Crippen LogP) is 2.84. The quantitative estimate of drug-likeness (QED) is 0.901. The van der Waals surface area contributed by atoms with Crippen molar-refractivity contribution in [3.05, 3.63) is 45.4 Å². The van der Waals surface area contributed by atoms with Crippen LogP contribution in [0.1, 0.15) is 21.1 Å². The van der Waals surface area contributed by atoms with Crippen LogP contribution in [0.3, 0.4) is 0 Å². The van der Waals surface area contributed by atoms with E-state index in [0.29, 0.717) is 13.2 Å². The summed E-state index contributed by atoms with van der Waals surface area (Å²) < 4.78 is 5.76. The van der Waals surface area contributed by atoms with Crippen molar-refractivity contribution in [2.45, 2.75) is 26.8 Å². The minimum atomic E-state index is 0.572. The summed E-state index contributed by atoms with van der Waals surface area (Å²) in [6.45, 7) is 5.28. The molecule has 4 heteroatoms. The molecule has 0 atom stereocenters. The van der Waals surface area contributed by atoms with E-state index in [9.17, 15) is 0 Å². The molecule has 0 fully saturated rings. The second-order valence-corrected chi connectivity index (χ2v) is 5.35. The van der Waals surface area contributed by atoms with Crippen LogP contribution in [-0.4, -0.2) is 11.6 Å². The van der Waals surface area contributed by atoms with Gasteiger partial charge in [-0.3, -0.25) is 0 Å². The molecule has 2 rings (SSSR count). The van der Waals surface area contributed by atoms with Crippen molar-refractivity contribution in [3.8, 4) is 5.75 Å². The van der Waals surface area contributed by atoms with Gasteiger partial charge in [-0.15, -0.1) is 11.3 Å². The standard InChI is InChI=1S/C14H18N2OS/c1-10-5-3-4-6-12(10)17-8-7-14-16-11(2)13(9-15)18-14/h3-6H,7-9,15H2,1-2H3. The van der Waals surface area contributed by atoms with Gasteiger partial charge in [-0.05, 0) is 25.5 Å². The highest BCUT2D eigenvalue weighted by molar-refractivity contribution is 7.11. The maximum absolute atomic E-state index is 5.76. The lowest BCUT2D eigenvalue weighted by Crippen LogP contribution is -2.02. The first-order valence-electron chi connectivity index (χ1n) is 6.04. The lowest BCUT2D eigenvalue weighted by Gasteiger charge is -2.07. The highest BCUT2D eigenvalue weighted by atomic mass is 32.1. The summed E-state index contributed by atoms with van der Waals surface area (Å²) in [7, 11) is 0. The van der Waals surface area contributed by atoms with E-state index in [4.69, 9.17) is 10.5 Å². The molecule has 0 aliphatic heterocycles. The van der Waals surface area contributed by atoms with Gasteiger partial charge in [-0.1, -0.05) is 18.2 Å². The number of nitrogens with zero attached hydrogens (tertiary/aromatic N) is 1. The first kappa shape index (κ1) is 13.1. The van der Waals surface area contributed by atoms with Crippen molar-refractivity contribution in [2.75, 3.05) is 6.61 Å². The summed E-state index contributed by atoms with van der Waals surface area (Å²) in [6.07, 6.45) is 0.833. The smallest absolute Gasteiger partial charge is 0.122 e. The number of rotatable bonds is 5. The van der Waals surface area contributed by atoms with Crippen LogP contribution in [0.15, 0.2) is 24.3 Å². The van der Waals surface area contributed by atoms with Gasteiger partial charge in [-0.2, -0.15) is 0 Å². The van der Waals surface area contributed by atoms with E-state index in [0.717, 1.165) is 28.4 Å². The van der Waals surface area contributed by atoms with E-state index in [1.54, 1.807) is 11.3 Å². The molecule has 1 heterocycles. The van der Waals surface area contributed by atoms with Crippen molar-refractivity contribution < 1.29 is 4.74 Å². The molecular formula is C14H18N2OS. The number of thiazole rings is 1. The van der Waals surface area contributed by atoms with E-state index in [-0.39, 0.29) is 0 Å². The summed E-state index contributed by atoms with van der Waals surface area (Å²) in [4.78, 5) is 5.66. The number of aromatic nitrogens is 1. The Kier molecular flexibility index (Phi) is 4.33. The van der Waals surface area contributed by atoms with Crippen LogP contribution in [0, 0.1) is 13.8 Å². The molecule has 0 spiro atoms. The fraction of sp³-hybridized carbons (Fsp3) is 0.357. The lowest BCUT2D eigenvalue weighted by molar-refractivity contribution is 0.319. The third-order valence-electron chi connectivity index (χ3n) is 2.79. The van der Waals surface area contributed by atoms with Gasteiger partial charge < -0.3 is 10.5 Å². The van der Waals surface area contributed by atoms with Gasteiger partial charge in [0.15, 0.2) is 0 Å². The molecule has 18 heavy (non-hydrogen) atoms. The van der Waals surface area contributed by atoms with Gasteiger partial charge in [0, 0.05) is 17.8 Å². The molecule has 0 unspecified atom stereocenters. The average Bonchev–Trinajstić information content (AvgIpc) is 2.72. The minimum absolute atomic E-state index is 0.572. The van der Waals surface area contributed by atoms with Crippen molar-refractivity contribution in [1.29, 1.82) is 0 Å². The maximum Gasteiger partial charge on any atom is 0.122 e. The Morgan fingerprint density at radius 3 is 2.72 bits per heavy atom. The third kappa shape index (κ3) is 3.09. The number of hydrogen-bond donors (Lipinski definition) is 1. The third-order valence-corrected chi connectivity index (χ3v) is 4.03. The summed E-state index contributed by atoms with van der Waals surface area (Å²) in [5.74, 6) is 0.949. The molecule has 0 aliphatic rings. The highest BCUT2D eigenvalue weighted by Crippen LogP contribution is 2.19. The first-order valence-corrected chi connectivity index (χ1v) is 6.86. The molecule has 0 saturated carbocycles. The van der Waals surface area contributed by atoms with Crippen LogP contribution >= 0.6 is 11.3 Å². The number of benzene rings is 1. The number of ether oxygens (including phenoxy) is 1. The Morgan fingerprint density at radius 1 is 1.28 bits per heavy atom. The molecule has 0 saturated heterocycles. The van der Waals surface area contributed by atoms with Gasteiger partial charge in [0.1, 0.15) is 5.75 Å². The molecule has 0 amide bonds. The van der Waals surface area contributed by atoms with E-state index >= 15 is 0 Å². The molecule has 2 aromatic rings. The first-order chi connectivity index (χ1) is 8.70. The van der Waals surface area contributed by atoms with E-state index in [2.05, 4.69) is 18.0 Å². The number of aryl methyl sites for hydroxylation is 2. The Morgan fingerprint density at radius 2 is 2.06 bits per heavy atom. The molecule has 0 aliphatic carbocycles. The number of nitrogens with two attached hydrogens (primary N) is 1. The Labute approximate surface area is 112 Å². The maximum atomic E-state index is 5.76. The molecule has 1 aromatic carbocycles. The van der Waals surface area contributed by atoms with E-state index in [1.165, 1.54) is 4.88 Å². The molecule has 1 aromatic heterocycles. The van der Waals surface area contributed by atoms with Gasteiger partial charge in [-0.25, -0.2) is 4.98 Å². The Balaban J connectivity index is 1.90. The average molecular weight is 262 g/mol. The molecule has 2 N–H and O–H groups in total. The monoisotopic (exact) mass is 262 g/mol. The second-order valence-electron chi connectivity index (χ2n) is 4.18.